The molecule has 0 bridgehead atoms. The molecular weight excluding hydrogens is 244 g/mol. The molecule has 0 aliphatic carbocycles. The number of benzene rings is 1. The molecule has 1 rings (SSSR count). The van der Waals surface area contributed by atoms with Crippen LogP contribution in [0.15, 0.2) is 30.3 Å². The standard InChI is InChI=1S/C14H18N2O3/c1-10(2)16(9-14(18)19)13(17)7-6-11-4-3-5-12(15)8-11/h3-8,10H,9,15H2,1-2H3,(H,18,19)/b7-6+. The summed E-state index contributed by atoms with van der Waals surface area (Å²) in [6.45, 7) is 3.24. The third-order valence-electron chi connectivity index (χ3n) is 2.54. The number of carboxylic acids is 1. The predicted molar refractivity (Wildman–Crippen MR) is 74.4 cm³/mol. The van der Waals surface area contributed by atoms with Crippen LogP contribution < -0.4 is 5.73 Å². The van der Waals surface area contributed by atoms with Gasteiger partial charge in [-0.1, -0.05) is 12.1 Å². The molecule has 5 heteroatoms. The first kappa shape index (κ1) is 14.8. The smallest absolute Gasteiger partial charge is 0.323 e. The molecule has 0 heterocycles. The molecule has 0 aliphatic heterocycles. The fourth-order valence-electron chi connectivity index (χ4n) is 1.59. The summed E-state index contributed by atoms with van der Waals surface area (Å²) >= 11 is 0. The molecular formula is C14H18N2O3. The minimum Gasteiger partial charge on any atom is -0.480 e. The summed E-state index contributed by atoms with van der Waals surface area (Å²) < 4.78 is 0. The van der Waals surface area contributed by atoms with Gasteiger partial charge in [0.15, 0.2) is 0 Å². The van der Waals surface area contributed by atoms with Gasteiger partial charge in [0.05, 0.1) is 0 Å². The highest BCUT2D eigenvalue weighted by Crippen LogP contribution is 2.09. The number of nitrogen functional groups attached to an aromatic ring is 1. The first-order valence-electron chi connectivity index (χ1n) is 5.96. The van der Waals surface area contributed by atoms with Crippen LogP contribution in [0.4, 0.5) is 5.69 Å². The van der Waals surface area contributed by atoms with E-state index in [9.17, 15) is 9.59 Å². The lowest BCUT2D eigenvalue weighted by Crippen LogP contribution is -2.39. The Balaban J connectivity index is 2.79. The molecule has 5 nitrogen and oxygen atoms in total. The molecule has 0 spiro atoms. The fraction of sp³-hybridized carbons (Fsp3) is 0.286. The van der Waals surface area contributed by atoms with Gasteiger partial charge in [0, 0.05) is 17.8 Å². The molecule has 0 saturated heterocycles. The molecule has 0 atom stereocenters. The molecule has 0 fully saturated rings. The Hall–Kier alpha value is -2.30. The number of anilines is 1. The Bertz CT molecular complexity index is 495. The van der Waals surface area contributed by atoms with Crippen molar-refractivity contribution in [1.29, 1.82) is 0 Å². The Morgan fingerprint density at radius 3 is 2.63 bits per heavy atom. The SMILES string of the molecule is CC(C)N(CC(=O)O)C(=O)/C=C/c1cccc(N)c1. The van der Waals surface area contributed by atoms with E-state index in [2.05, 4.69) is 0 Å². The van der Waals surface area contributed by atoms with Crippen LogP contribution in [-0.4, -0.2) is 34.5 Å². The second-order valence-corrected chi connectivity index (χ2v) is 4.46. The van der Waals surface area contributed by atoms with Gasteiger partial charge < -0.3 is 15.7 Å². The van der Waals surface area contributed by atoms with E-state index in [-0.39, 0.29) is 18.5 Å². The normalized spacial score (nSPS) is 10.9. The second-order valence-electron chi connectivity index (χ2n) is 4.46. The molecule has 0 saturated carbocycles. The molecule has 102 valence electrons. The van der Waals surface area contributed by atoms with E-state index >= 15 is 0 Å². The van der Waals surface area contributed by atoms with Crippen molar-refractivity contribution < 1.29 is 14.7 Å². The number of aliphatic carboxylic acids is 1. The minimum absolute atomic E-state index is 0.172. The third-order valence-corrected chi connectivity index (χ3v) is 2.54. The first-order valence-corrected chi connectivity index (χ1v) is 5.96. The van der Waals surface area contributed by atoms with E-state index in [0.717, 1.165) is 5.56 Å². The van der Waals surface area contributed by atoms with Crippen molar-refractivity contribution in [2.45, 2.75) is 19.9 Å². The number of nitrogens with two attached hydrogens (primary N) is 1. The quantitative estimate of drug-likeness (QED) is 0.623. The summed E-state index contributed by atoms with van der Waals surface area (Å²) in [4.78, 5) is 23.9. The van der Waals surface area contributed by atoms with Crippen molar-refractivity contribution in [3.05, 3.63) is 35.9 Å². The Kier molecular flexibility index (Phi) is 5.11. The molecule has 1 aromatic carbocycles. The van der Waals surface area contributed by atoms with Gasteiger partial charge in [0.1, 0.15) is 6.54 Å². The van der Waals surface area contributed by atoms with Gasteiger partial charge >= 0.3 is 5.97 Å². The molecule has 1 amide bonds. The number of carboxylic acid groups (broad SMARTS) is 1. The maximum atomic E-state index is 11.9. The number of carbonyl (C=O) groups is 2. The average Bonchev–Trinajstić information content (AvgIpc) is 2.32. The largest absolute Gasteiger partial charge is 0.480 e. The Morgan fingerprint density at radius 1 is 1.42 bits per heavy atom. The summed E-state index contributed by atoms with van der Waals surface area (Å²) in [7, 11) is 0. The van der Waals surface area contributed by atoms with Gasteiger partial charge in [0.25, 0.3) is 0 Å². The van der Waals surface area contributed by atoms with Crippen LogP contribution in [0.5, 0.6) is 0 Å². The number of hydrogen-bond donors (Lipinski definition) is 2. The van der Waals surface area contributed by atoms with Gasteiger partial charge in [-0.2, -0.15) is 0 Å². The lowest BCUT2D eigenvalue weighted by atomic mass is 10.2. The second kappa shape index (κ2) is 6.58. The van der Waals surface area contributed by atoms with Crippen LogP contribution >= 0.6 is 0 Å². The van der Waals surface area contributed by atoms with E-state index < -0.39 is 5.97 Å². The molecule has 0 aliphatic rings. The van der Waals surface area contributed by atoms with Crippen molar-refractivity contribution in [1.82, 2.24) is 4.90 Å². The number of carbonyl (C=O) groups excluding carboxylic acids is 1. The number of nitrogens with zero attached hydrogens (tertiary/aromatic N) is 1. The van der Waals surface area contributed by atoms with Crippen LogP contribution in [0.2, 0.25) is 0 Å². The fourth-order valence-corrected chi connectivity index (χ4v) is 1.59. The summed E-state index contributed by atoms with van der Waals surface area (Å²) in [5.41, 5.74) is 7.04. The highest BCUT2D eigenvalue weighted by Gasteiger charge is 2.17. The topological polar surface area (TPSA) is 83.6 Å². The van der Waals surface area contributed by atoms with Crippen LogP contribution in [0.1, 0.15) is 19.4 Å². The van der Waals surface area contributed by atoms with Crippen LogP contribution in [0.25, 0.3) is 6.08 Å². The van der Waals surface area contributed by atoms with Crippen molar-refractivity contribution in [2.24, 2.45) is 0 Å². The van der Waals surface area contributed by atoms with Crippen LogP contribution in [0, 0.1) is 0 Å². The average molecular weight is 262 g/mol. The van der Waals surface area contributed by atoms with Crippen molar-refractivity contribution in [3.63, 3.8) is 0 Å². The van der Waals surface area contributed by atoms with E-state index in [1.165, 1.54) is 11.0 Å². The van der Waals surface area contributed by atoms with Gasteiger partial charge in [-0.25, -0.2) is 0 Å². The lowest BCUT2D eigenvalue weighted by Gasteiger charge is -2.23. The highest BCUT2D eigenvalue weighted by molar-refractivity contribution is 5.93. The molecule has 0 unspecified atom stereocenters. The molecule has 0 aromatic heterocycles. The van der Waals surface area contributed by atoms with Crippen LogP contribution in [0.3, 0.4) is 0 Å². The minimum atomic E-state index is -1.03. The molecule has 3 N–H and O–H groups in total. The van der Waals surface area contributed by atoms with Crippen molar-refractivity contribution in [2.75, 3.05) is 12.3 Å². The van der Waals surface area contributed by atoms with Crippen molar-refractivity contribution >= 4 is 23.6 Å². The summed E-state index contributed by atoms with van der Waals surface area (Å²) in [5.74, 6) is -1.36. The maximum absolute atomic E-state index is 11.9. The summed E-state index contributed by atoms with van der Waals surface area (Å²) in [5, 5.41) is 8.77. The van der Waals surface area contributed by atoms with E-state index in [1.807, 2.05) is 6.07 Å². The molecule has 0 radical (unpaired) electrons. The Morgan fingerprint density at radius 2 is 2.11 bits per heavy atom. The van der Waals surface area contributed by atoms with E-state index in [4.69, 9.17) is 10.8 Å². The third kappa shape index (κ3) is 4.83. The molecule has 19 heavy (non-hydrogen) atoms. The number of amides is 1. The zero-order valence-corrected chi connectivity index (χ0v) is 11.0. The summed E-state index contributed by atoms with van der Waals surface area (Å²) in [6.07, 6.45) is 2.98. The van der Waals surface area contributed by atoms with Gasteiger partial charge in [0.2, 0.25) is 5.91 Å². The van der Waals surface area contributed by atoms with Gasteiger partial charge in [-0.15, -0.1) is 0 Å². The predicted octanol–water partition coefficient (Wildman–Crippen LogP) is 1.60. The highest BCUT2D eigenvalue weighted by atomic mass is 16.4. The molecule has 1 aromatic rings. The van der Waals surface area contributed by atoms with Gasteiger partial charge in [-0.05, 0) is 37.6 Å². The Labute approximate surface area is 112 Å². The van der Waals surface area contributed by atoms with E-state index in [1.54, 1.807) is 38.1 Å². The van der Waals surface area contributed by atoms with Gasteiger partial charge in [-0.3, -0.25) is 9.59 Å². The van der Waals surface area contributed by atoms with Crippen LogP contribution in [-0.2, 0) is 9.59 Å². The van der Waals surface area contributed by atoms with E-state index in [0.29, 0.717) is 5.69 Å². The zero-order valence-electron chi connectivity index (χ0n) is 11.0. The number of hydrogen-bond acceptors (Lipinski definition) is 3. The summed E-state index contributed by atoms with van der Waals surface area (Å²) in [6, 6.07) is 6.92. The lowest BCUT2D eigenvalue weighted by molar-refractivity contribution is -0.143. The zero-order chi connectivity index (χ0) is 14.4. The monoisotopic (exact) mass is 262 g/mol. The first-order chi connectivity index (χ1) is 8.90. The van der Waals surface area contributed by atoms with Crippen molar-refractivity contribution in [3.8, 4) is 0 Å². The number of rotatable bonds is 5. The maximum Gasteiger partial charge on any atom is 0.323 e.